The highest BCUT2D eigenvalue weighted by Gasteiger charge is 2.08. The van der Waals surface area contributed by atoms with E-state index in [4.69, 9.17) is 14.2 Å². The highest BCUT2D eigenvalue weighted by Crippen LogP contribution is 2.32. The van der Waals surface area contributed by atoms with Crippen LogP contribution in [0.2, 0.25) is 0 Å². The van der Waals surface area contributed by atoms with Gasteiger partial charge >= 0.3 is 0 Å². The lowest BCUT2D eigenvalue weighted by molar-refractivity contribution is 0.351. The first-order valence-corrected chi connectivity index (χ1v) is 7.71. The summed E-state index contributed by atoms with van der Waals surface area (Å²) in [5, 5.41) is 4.27. The Balaban J connectivity index is 1.84. The summed E-state index contributed by atoms with van der Waals surface area (Å²) < 4.78 is 17.6. The van der Waals surface area contributed by atoms with E-state index in [-0.39, 0.29) is 5.56 Å². The number of benzene rings is 2. The van der Waals surface area contributed by atoms with Gasteiger partial charge in [0.15, 0.2) is 11.5 Å². The molecule has 0 aliphatic carbocycles. The van der Waals surface area contributed by atoms with Crippen molar-refractivity contribution in [3.63, 3.8) is 0 Å². The Bertz CT molecular complexity index is 907. The molecule has 0 N–H and O–H groups in total. The number of methoxy groups -OCH3 is 2. The molecule has 0 unspecified atom stereocenters. The van der Waals surface area contributed by atoms with E-state index >= 15 is 0 Å². The molecule has 128 valence electrons. The minimum Gasteiger partial charge on any atom is -0.493 e. The highest BCUT2D eigenvalue weighted by atomic mass is 16.5. The summed E-state index contributed by atoms with van der Waals surface area (Å²) in [7, 11) is 3.12. The predicted octanol–water partition coefficient (Wildman–Crippen LogP) is 3.10. The van der Waals surface area contributed by atoms with Crippen LogP contribution < -0.4 is 19.8 Å². The molecule has 0 aliphatic heterocycles. The number of aromatic nitrogens is 2. The zero-order chi connectivity index (χ0) is 17.6. The second-order valence-corrected chi connectivity index (χ2v) is 5.27. The molecule has 0 spiro atoms. The first kappa shape index (κ1) is 16.6. The molecule has 6 nitrogen and oxygen atoms in total. The van der Waals surface area contributed by atoms with Crippen LogP contribution >= 0.6 is 0 Å². The molecule has 0 fully saturated rings. The van der Waals surface area contributed by atoms with Crippen molar-refractivity contribution < 1.29 is 14.2 Å². The maximum Gasteiger partial charge on any atom is 0.267 e. The van der Waals surface area contributed by atoms with E-state index in [1.165, 1.54) is 10.7 Å². The van der Waals surface area contributed by atoms with Crippen LogP contribution in [-0.4, -0.2) is 24.0 Å². The minimum absolute atomic E-state index is 0.191. The van der Waals surface area contributed by atoms with Gasteiger partial charge in [-0.15, -0.1) is 5.10 Å². The van der Waals surface area contributed by atoms with Crippen molar-refractivity contribution in [2.24, 2.45) is 0 Å². The van der Waals surface area contributed by atoms with Crippen molar-refractivity contribution in [3.8, 4) is 23.1 Å². The van der Waals surface area contributed by atoms with Crippen LogP contribution in [-0.2, 0) is 6.54 Å². The van der Waals surface area contributed by atoms with Gasteiger partial charge in [-0.05, 0) is 17.7 Å². The van der Waals surface area contributed by atoms with Crippen molar-refractivity contribution >= 4 is 0 Å². The fourth-order valence-electron chi connectivity index (χ4n) is 2.36. The van der Waals surface area contributed by atoms with Gasteiger partial charge in [0, 0.05) is 18.2 Å². The molecule has 0 amide bonds. The molecule has 0 bridgehead atoms. The summed E-state index contributed by atoms with van der Waals surface area (Å²) in [5.41, 5.74) is 0.795. The molecule has 3 aromatic rings. The molecule has 0 aliphatic rings. The predicted molar refractivity (Wildman–Crippen MR) is 93.7 cm³/mol. The lowest BCUT2D eigenvalue weighted by Crippen LogP contribution is -2.22. The molecule has 3 rings (SSSR count). The molecule has 1 aromatic heterocycles. The second-order valence-electron chi connectivity index (χ2n) is 5.27. The number of hydrogen-bond acceptors (Lipinski definition) is 5. The molecule has 0 radical (unpaired) electrons. The van der Waals surface area contributed by atoms with E-state index in [9.17, 15) is 4.79 Å². The van der Waals surface area contributed by atoms with Gasteiger partial charge < -0.3 is 14.2 Å². The standard InChI is InChI=1S/C19H18N2O4/c1-23-16-9-8-15(12-17(16)24-2)25-18-10-11-19(22)21(20-18)13-14-6-4-3-5-7-14/h3-12H,13H2,1-2H3. The summed E-state index contributed by atoms with van der Waals surface area (Å²) in [6.07, 6.45) is 0. The molecule has 6 heteroatoms. The third kappa shape index (κ3) is 3.98. The quantitative estimate of drug-likeness (QED) is 0.691. The number of nitrogens with zero attached hydrogens (tertiary/aromatic N) is 2. The zero-order valence-corrected chi connectivity index (χ0v) is 14.0. The van der Waals surface area contributed by atoms with Crippen molar-refractivity contribution in [2.75, 3.05) is 14.2 Å². The average Bonchev–Trinajstić information content (AvgIpc) is 2.65. The van der Waals surface area contributed by atoms with Crippen molar-refractivity contribution in [3.05, 3.63) is 76.6 Å². The van der Waals surface area contributed by atoms with Gasteiger partial charge in [0.25, 0.3) is 5.56 Å². The summed E-state index contributed by atoms with van der Waals surface area (Å²) in [6.45, 7) is 0.378. The zero-order valence-electron chi connectivity index (χ0n) is 14.0. The summed E-state index contributed by atoms with van der Waals surface area (Å²) in [5.74, 6) is 2.02. The van der Waals surface area contributed by atoms with E-state index in [1.54, 1.807) is 38.5 Å². The van der Waals surface area contributed by atoms with E-state index in [2.05, 4.69) is 5.10 Å². The Morgan fingerprint density at radius 2 is 1.68 bits per heavy atom. The minimum atomic E-state index is -0.191. The van der Waals surface area contributed by atoms with Crippen LogP contribution in [0.25, 0.3) is 0 Å². The molecular formula is C19H18N2O4. The van der Waals surface area contributed by atoms with Gasteiger partial charge in [0.05, 0.1) is 20.8 Å². The molecule has 1 heterocycles. The lowest BCUT2D eigenvalue weighted by atomic mass is 10.2. The summed E-state index contributed by atoms with van der Waals surface area (Å²) in [6, 6.07) is 17.8. The van der Waals surface area contributed by atoms with Gasteiger partial charge in [-0.1, -0.05) is 30.3 Å². The van der Waals surface area contributed by atoms with Crippen LogP contribution in [0.1, 0.15) is 5.56 Å². The first-order valence-electron chi connectivity index (χ1n) is 7.71. The van der Waals surface area contributed by atoms with Crippen LogP contribution in [0.15, 0.2) is 65.5 Å². The van der Waals surface area contributed by atoms with E-state index in [0.717, 1.165) is 5.56 Å². The van der Waals surface area contributed by atoms with Crippen LogP contribution in [0.4, 0.5) is 0 Å². The largest absolute Gasteiger partial charge is 0.493 e. The van der Waals surface area contributed by atoms with Crippen LogP contribution in [0.5, 0.6) is 23.1 Å². The first-order chi connectivity index (χ1) is 12.2. The van der Waals surface area contributed by atoms with Gasteiger partial charge in [0.1, 0.15) is 5.75 Å². The van der Waals surface area contributed by atoms with Gasteiger partial charge in [-0.25, -0.2) is 4.68 Å². The molecule has 0 atom stereocenters. The van der Waals surface area contributed by atoms with E-state index in [1.807, 2.05) is 30.3 Å². The van der Waals surface area contributed by atoms with Crippen molar-refractivity contribution in [1.82, 2.24) is 9.78 Å². The normalized spacial score (nSPS) is 10.3. The number of ether oxygens (including phenoxy) is 3. The van der Waals surface area contributed by atoms with Gasteiger partial charge in [-0.3, -0.25) is 4.79 Å². The number of hydrogen-bond donors (Lipinski definition) is 0. The van der Waals surface area contributed by atoms with Crippen molar-refractivity contribution in [1.29, 1.82) is 0 Å². The third-order valence-electron chi connectivity index (χ3n) is 3.59. The molecule has 25 heavy (non-hydrogen) atoms. The SMILES string of the molecule is COc1ccc(Oc2ccc(=O)n(Cc3ccccc3)n2)cc1OC. The maximum absolute atomic E-state index is 12.0. The van der Waals surface area contributed by atoms with E-state index in [0.29, 0.717) is 29.7 Å². The fraction of sp³-hybridized carbons (Fsp3) is 0.158. The third-order valence-corrected chi connectivity index (χ3v) is 3.59. The Labute approximate surface area is 145 Å². The fourth-order valence-corrected chi connectivity index (χ4v) is 2.36. The average molecular weight is 338 g/mol. The van der Waals surface area contributed by atoms with Crippen molar-refractivity contribution in [2.45, 2.75) is 6.54 Å². The Kier molecular flexibility index (Phi) is 4.99. The highest BCUT2D eigenvalue weighted by molar-refractivity contribution is 5.46. The lowest BCUT2D eigenvalue weighted by Gasteiger charge is -2.11. The van der Waals surface area contributed by atoms with Crippen LogP contribution in [0, 0.1) is 0 Å². The Morgan fingerprint density at radius 1 is 0.920 bits per heavy atom. The van der Waals surface area contributed by atoms with Gasteiger partial charge in [-0.2, -0.15) is 0 Å². The summed E-state index contributed by atoms with van der Waals surface area (Å²) in [4.78, 5) is 12.0. The molecule has 0 saturated heterocycles. The van der Waals surface area contributed by atoms with Gasteiger partial charge in [0.2, 0.25) is 5.88 Å². The van der Waals surface area contributed by atoms with E-state index < -0.39 is 0 Å². The maximum atomic E-state index is 12.0. The molecular weight excluding hydrogens is 320 g/mol. The Hall–Kier alpha value is -3.28. The topological polar surface area (TPSA) is 62.6 Å². The molecule has 2 aromatic carbocycles. The summed E-state index contributed by atoms with van der Waals surface area (Å²) >= 11 is 0. The number of rotatable bonds is 6. The molecule has 0 saturated carbocycles. The smallest absolute Gasteiger partial charge is 0.267 e. The monoisotopic (exact) mass is 338 g/mol. The second kappa shape index (κ2) is 7.53. The van der Waals surface area contributed by atoms with Crippen LogP contribution in [0.3, 0.4) is 0 Å². The Morgan fingerprint density at radius 3 is 2.40 bits per heavy atom.